The molecule has 0 aliphatic carbocycles. The molecular weight excluding hydrogens is 322 g/mol. The van der Waals surface area contributed by atoms with Crippen molar-refractivity contribution < 1.29 is 14.3 Å². The van der Waals surface area contributed by atoms with Crippen molar-refractivity contribution in [1.82, 2.24) is 25.0 Å². The summed E-state index contributed by atoms with van der Waals surface area (Å²) in [6, 6.07) is 0. The van der Waals surface area contributed by atoms with E-state index in [2.05, 4.69) is 15.2 Å². The van der Waals surface area contributed by atoms with Crippen LogP contribution in [0.1, 0.15) is 37.3 Å². The summed E-state index contributed by atoms with van der Waals surface area (Å²) in [4.78, 5) is 33.4. The molecule has 3 heterocycles. The Bertz CT molecular complexity index is 632. The Morgan fingerprint density at radius 3 is 2.92 bits per heavy atom. The number of aryl methyl sites for hydroxylation is 2. The van der Waals surface area contributed by atoms with Gasteiger partial charge in [0.15, 0.2) is 5.82 Å². The minimum absolute atomic E-state index is 0.0844. The molecule has 8 heteroatoms. The van der Waals surface area contributed by atoms with Crippen LogP contribution in [0.2, 0.25) is 0 Å². The molecule has 1 aromatic rings. The predicted octanol–water partition coefficient (Wildman–Crippen LogP) is 0.533. The van der Waals surface area contributed by atoms with Gasteiger partial charge in [-0.1, -0.05) is 0 Å². The summed E-state index contributed by atoms with van der Waals surface area (Å²) in [5.41, 5.74) is -0.386. The molecule has 2 fully saturated rings. The number of hydrogen-bond acceptors (Lipinski definition) is 5. The number of piperidine rings is 1. The van der Waals surface area contributed by atoms with E-state index in [1.165, 1.54) is 0 Å². The maximum Gasteiger partial charge on any atom is 0.230 e. The lowest BCUT2D eigenvalue weighted by Crippen LogP contribution is -2.51. The van der Waals surface area contributed by atoms with E-state index in [9.17, 15) is 9.59 Å². The summed E-state index contributed by atoms with van der Waals surface area (Å²) < 4.78 is 5.11. The summed E-state index contributed by atoms with van der Waals surface area (Å²) in [5, 5.41) is 6.86. The van der Waals surface area contributed by atoms with Gasteiger partial charge in [-0.2, -0.15) is 5.10 Å². The van der Waals surface area contributed by atoms with E-state index in [0.29, 0.717) is 44.9 Å². The van der Waals surface area contributed by atoms with Crippen molar-refractivity contribution in [1.29, 1.82) is 0 Å². The third kappa shape index (κ3) is 3.84. The van der Waals surface area contributed by atoms with Gasteiger partial charge in [0.05, 0.1) is 12.0 Å². The lowest BCUT2D eigenvalue weighted by molar-refractivity contribution is -0.146. The second-order valence-corrected chi connectivity index (χ2v) is 7.07. The molecule has 2 amide bonds. The number of hydrogen-bond donors (Lipinski definition) is 1. The fourth-order valence-electron chi connectivity index (χ4n) is 3.91. The number of aromatic nitrogens is 3. The zero-order valence-corrected chi connectivity index (χ0v) is 15.1. The molecule has 2 aliphatic heterocycles. The Labute approximate surface area is 147 Å². The Morgan fingerprint density at radius 2 is 2.20 bits per heavy atom. The van der Waals surface area contributed by atoms with Gasteiger partial charge in [0.2, 0.25) is 11.8 Å². The summed E-state index contributed by atoms with van der Waals surface area (Å²) in [6.45, 7) is 5.03. The molecule has 3 rings (SSSR count). The number of H-pyrrole nitrogens is 1. The first kappa shape index (κ1) is 17.8. The number of carbonyl (C=O) groups is 2. The van der Waals surface area contributed by atoms with Gasteiger partial charge in [-0.15, -0.1) is 0 Å². The molecule has 1 atom stereocenters. The smallest absolute Gasteiger partial charge is 0.230 e. The highest BCUT2D eigenvalue weighted by molar-refractivity contribution is 5.86. The monoisotopic (exact) mass is 349 g/mol. The van der Waals surface area contributed by atoms with Crippen LogP contribution in [0.15, 0.2) is 0 Å². The summed E-state index contributed by atoms with van der Waals surface area (Å²) >= 11 is 0. The van der Waals surface area contributed by atoms with Crippen molar-refractivity contribution in [2.75, 3.05) is 39.9 Å². The molecule has 138 valence electrons. The van der Waals surface area contributed by atoms with Gasteiger partial charge in [-0.05, 0) is 26.2 Å². The summed E-state index contributed by atoms with van der Waals surface area (Å²) in [7, 11) is 1.65. The number of nitrogens with one attached hydrogen (secondary N) is 1. The number of likely N-dealkylation sites (tertiary alicyclic amines) is 2. The first-order valence-corrected chi connectivity index (χ1v) is 8.98. The molecule has 1 N–H and O–H groups in total. The molecule has 0 saturated carbocycles. The van der Waals surface area contributed by atoms with E-state index in [0.717, 1.165) is 31.6 Å². The van der Waals surface area contributed by atoms with Gasteiger partial charge in [-0.3, -0.25) is 14.7 Å². The number of nitrogens with zero attached hydrogens (tertiary/aromatic N) is 4. The molecule has 0 radical (unpaired) electrons. The fraction of sp³-hybridized carbons (Fsp3) is 0.765. The Balaban J connectivity index is 1.56. The van der Waals surface area contributed by atoms with Crippen LogP contribution in [-0.2, 0) is 20.7 Å². The molecule has 25 heavy (non-hydrogen) atoms. The zero-order valence-electron chi connectivity index (χ0n) is 15.1. The number of carbonyl (C=O) groups excluding carboxylic acids is 2. The topological polar surface area (TPSA) is 91.4 Å². The Kier molecular flexibility index (Phi) is 5.36. The lowest BCUT2D eigenvalue weighted by Gasteiger charge is -2.39. The number of rotatable bonds is 6. The van der Waals surface area contributed by atoms with Crippen molar-refractivity contribution in [2.45, 2.75) is 39.0 Å². The van der Waals surface area contributed by atoms with Crippen molar-refractivity contribution in [2.24, 2.45) is 5.41 Å². The third-order valence-corrected chi connectivity index (χ3v) is 5.30. The molecule has 2 saturated heterocycles. The van der Waals surface area contributed by atoms with Gasteiger partial charge in [0.1, 0.15) is 5.82 Å². The van der Waals surface area contributed by atoms with Crippen molar-refractivity contribution in [3.63, 3.8) is 0 Å². The summed E-state index contributed by atoms with van der Waals surface area (Å²) in [6.07, 6.45) is 3.55. The van der Waals surface area contributed by atoms with E-state index in [-0.39, 0.29) is 17.2 Å². The van der Waals surface area contributed by atoms with Crippen LogP contribution in [0.3, 0.4) is 0 Å². The predicted molar refractivity (Wildman–Crippen MR) is 90.8 cm³/mol. The van der Waals surface area contributed by atoms with Crippen LogP contribution in [0.4, 0.5) is 0 Å². The minimum atomic E-state index is -0.386. The zero-order chi connectivity index (χ0) is 17.9. The van der Waals surface area contributed by atoms with Crippen LogP contribution < -0.4 is 0 Å². The number of aromatic amines is 1. The first-order chi connectivity index (χ1) is 12.0. The largest absolute Gasteiger partial charge is 0.383 e. The molecule has 8 nitrogen and oxygen atoms in total. The quantitative estimate of drug-likeness (QED) is 0.809. The molecule has 0 aromatic carbocycles. The lowest BCUT2D eigenvalue weighted by atomic mass is 9.78. The maximum absolute atomic E-state index is 12.9. The van der Waals surface area contributed by atoms with E-state index in [1.54, 1.807) is 7.11 Å². The second-order valence-electron chi connectivity index (χ2n) is 7.07. The van der Waals surface area contributed by atoms with Crippen LogP contribution in [0.25, 0.3) is 0 Å². The summed E-state index contributed by atoms with van der Waals surface area (Å²) in [5.74, 6) is 1.70. The van der Waals surface area contributed by atoms with Gasteiger partial charge >= 0.3 is 0 Å². The van der Waals surface area contributed by atoms with Gasteiger partial charge in [0.25, 0.3) is 0 Å². The fourth-order valence-corrected chi connectivity index (χ4v) is 3.91. The molecule has 2 aliphatic rings. The second kappa shape index (κ2) is 7.51. The molecular formula is C17H27N5O3. The first-order valence-electron chi connectivity index (χ1n) is 8.98. The molecule has 0 bridgehead atoms. The van der Waals surface area contributed by atoms with E-state index in [1.807, 2.05) is 16.7 Å². The normalized spacial score (nSPS) is 23.7. The third-order valence-electron chi connectivity index (χ3n) is 5.30. The van der Waals surface area contributed by atoms with Gasteiger partial charge in [-0.25, -0.2) is 4.98 Å². The Hall–Kier alpha value is -1.96. The molecule has 1 aromatic heterocycles. The average Bonchev–Trinajstić information content (AvgIpc) is 3.21. The van der Waals surface area contributed by atoms with E-state index < -0.39 is 0 Å². The minimum Gasteiger partial charge on any atom is -0.383 e. The van der Waals surface area contributed by atoms with Gasteiger partial charge in [0, 0.05) is 46.1 Å². The highest BCUT2D eigenvalue weighted by atomic mass is 16.5. The molecule has 1 spiro atoms. The SMILES string of the molecule is COCCN1CCC[C@]2(CCN(C(=O)CCc3n[nH]c(C)n3)C2)C1=O. The Morgan fingerprint density at radius 1 is 1.36 bits per heavy atom. The van der Waals surface area contributed by atoms with Crippen molar-refractivity contribution in [3.05, 3.63) is 11.6 Å². The molecule has 0 unspecified atom stereocenters. The number of methoxy groups -OCH3 is 1. The average molecular weight is 349 g/mol. The van der Waals surface area contributed by atoms with Gasteiger partial charge < -0.3 is 14.5 Å². The van der Waals surface area contributed by atoms with E-state index >= 15 is 0 Å². The van der Waals surface area contributed by atoms with Crippen LogP contribution in [0, 0.1) is 12.3 Å². The van der Waals surface area contributed by atoms with Crippen LogP contribution in [0.5, 0.6) is 0 Å². The van der Waals surface area contributed by atoms with Crippen LogP contribution >= 0.6 is 0 Å². The van der Waals surface area contributed by atoms with E-state index in [4.69, 9.17) is 4.74 Å². The standard InChI is InChI=1S/C17H27N5O3/c1-13-18-14(20-19-13)4-5-15(23)22-9-7-17(12-22)6-3-8-21(16(17)24)10-11-25-2/h3-12H2,1-2H3,(H,18,19,20)/t17-/m1/s1. The van der Waals surface area contributed by atoms with Crippen molar-refractivity contribution >= 4 is 11.8 Å². The van der Waals surface area contributed by atoms with Crippen molar-refractivity contribution in [3.8, 4) is 0 Å². The number of ether oxygens (including phenoxy) is 1. The highest BCUT2D eigenvalue weighted by Gasteiger charge is 2.49. The van der Waals surface area contributed by atoms with Crippen LogP contribution in [-0.4, -0.2) is 76.7 Å². The maximum atomic E-state index is 12.9. The number of amides is 2. The highest BCUT2D eigenvalue weighted by Crippen LogP contribution is 2.40.